The molecule has 0 aliphatic carbocycles. The van der Waals surface area contributed by atoms with E-state index in [0.717, 1.165) is 28.7 Å². The van der Waals surface area contributed by atoms with Crippen molar-refractivity contribution in [2.75, 3.05) is 59.4 Å². The van der Waals surface area contributed by atoms with Crippen LogP contribution >= 0.6 is 0 Å². The number of hydrogen-bond donors (Lipinski definition) is 2. The number of amides is 4. The topological polar surface area (TPSA) is 157 Å². The highest BCUT2D eigenvalue weighted by molar-refractivity contribution is 7.88. The SMILES string of the molecule is Cc1cc(Nc2cc(Oc3ccc(NC(=O)C4CN(C(C)C)C(=O)N(c5ccc(F)cc5)C4=O)cc3F)ccn2)nc(N2CCN(S(C)(=O)=O)CC2)c1. The molecular weight excluding hydrogens is 711 g/mol. The van der Waals surface area contributed by atoms with Gasteiger partial charge in [-0.3, -0.25) is 9.59 Å². The van der Waals surface area contributed by atoms with Crippen LogP contribution in [0, 0.1) is 24.5 Å². The van der Waals surface area contributed by atoms with E-state index in [4.69, 9.17) is 9.72 Å². The maximum atomic E-state index is 15.3. The normalized spacial score (nSPS) is 17.0. The lowest BCUT2D eigenvalue weighted by molar-refractivity contribution is -0.132. The largest absolute Gasteiger partial charge is 0.454 e. The molecule has 2 aliphatic rings. The highest BCUT2D eigenvalue weighted by Crippen LogP contribution is 2.31. The Morgan fingerprint density at radius 1 is 0.943 bits per heavy atom. The van der Waals surface area contributed by atoms with E-state index in [0.29, 0.717) is 43.6 Å². The molecule has 17 heteroatoms. The summed E-state index contributed by atoms with van der Waals surface area (Å²) in [5.74, 6) is -2.52. The van der Waals surface area contributed by atoms with Gasteiger partial charge in [-0.2, -0.15) is 4.31 Å². The molecule has 278 valence electrons. The number of benzene rings is 2. The molecule has 53 heavy (non-hydrogen) atoms. The van der Waals surface area contributed by atoms with Gasteiger partial charge in [0.05, 0.1) is 11.9 Å². The van der Waals surface area contributed by atoms with Crippen molar-refractivity contribution < 1.29 is 36.3 Å². The van der Waals surface area contributed by atoms with E-state index in [-0.39, 0.29) is 35.5 Å². The number of nitrogens with one attached hydrogen (secondary N) is 2. The monoisotopic (exact) mass is 748 g/mol. The Balaban J connectivity index is 1.12. The number of pyridine rings is 2. The summed E-state index contributed by atoms with van der Waals surface area (Å²) in [5.41, 5.74) is 1.10. The van der Waals surface area contributed by atoms with Crippen molar-refractivity contribution in [3.63, 3.8) is 0 Å². The number of piperazine rings is 1. The molecule has 0 spiro atoms. The number of anilines is 5. The van der Waals surface area contributed by atoms with Gasteiger partial charge in [-0.15, -0.1) is 0 Å². The third kappa shape index (κ3) is 8.52. The summed E-state index contributed by atoms with van der Waals surface area (Å²) in [6.45, 7) is 6.91. The summed E-state index contributed by atoms with van der Waals surface area (Å²) in [4.78, 5) is 53.2. The zero-order valence-corrected chi connectivity index (χ0v) is 30.2. The minimum Gasteiger partial charge on any atom is -0.454 e. The van der Waals surface area contributed by atoms with Crippen molar-refractivity contribution in [1.29, 1.82) is 0 Å². The van der Waals surface area contributed by atoms with E-state index in [1.807, 2.05) is 24.0 Å². The van der Waals surface area contributed by atoms with Gasteiger partial charge in [0.1, 0.15) is 34.9 Å². The van der Waals surface area contributed by atoms with Crippen LogP contribution in [0.4, 0.5) is 42.4 Å². The number of carbonyl (C=O) groups excluding carboxylic acids is 3. The van der Waals surface area contributed by atoms with Crippen molar-refractivity contribution in [3.05, 3.63) is 90.1 Å². The lowest BCUT2D eigenvalue weighted by Gasteiger charge is -2.39. The van der Waals surface area contributed by atoms with Gasteiger partial charge in [-0.25, -0.2) is 36.9 Å². The number of urea groups is 1. The van der Waals surface area contributed by atoms with E-state index in [1.54, 1.807) is 26.0 Å². The van der Waals surface area contributed by atoms with Gasteiger partial charge >= 0.3 is 6.03 Å². The first-order valence-corrected chi connectivity index (χ1v) is 18.6. The predicted octanol–water partition coefficient (Wildman–Crippen LogP) is 5.11. The highest BCUT2D eigenvalue weighted by atomic mass is 32.2. The Morgan fingerprint density at radius 2 is 1.66 bits per heavy atom. The van der Waals surface area contributed by atoms with Crippen molar-refractivity contribution >= 4 is 56.7 Å². The van der Waals surface area contributed by atoms with Crippen LogP contribution in [-0.4, -0.2) is 90.5 Å². The summed E-state index contributed by atoms with van der Waals surface area (Å²) < 4.78 is 60.0. The molecule has 1 atom stereocenters. The first-order chi connectivity index (χ1) is 25.2. The van der Waals surface area contributed by atoms with E-state index < -0.39 is 45.4 Å². The predicted molar refractivity (Wildman–Crippen MR) is 195 cm³/mol. The summed E-state index contributed by atoms with van der Waals surface area (Å²) in [6.07, 6.45) is 2.68. The van der Waals surface area contributed by atoms with Crippen molar-refractivity contribution in [3.8, 4) is 11.5 Å². The zero-order chi connectivity index (χ0) is 38.0. The molecule has 0 radical (unpaired) electrons. The van der Waals surface area contributed by atoms with Gasteiger partial charge in [0.2, 0.25) is 21.8 Å². The minimum absolute atomic E-state index is 0.0603. The van der Waals surface area contributed by atoms with Crippen LogP contribution in [-0.2, 0) is 19.6 Å². The molecule has 2 N–H and O–H groups in total. The molecule has 6 rings (SSSR count). The average molecular weight is 749 g/mol. The van der Waals surface area contributed by atoms with Crippen LogP contribution < -0.4 is 25.2 Å². The van der Waals surface area contributed by atoms with Gasteiger partial charge in [0.15, 0.2) is 11.6 Å². The average Bonchev–Trinajstić information content (AvgIpc) is 3.10. The number of ether oxygens (including phenoxy) is 1. The first kappa shape index (κ1) is 37.1. The molecule has 2 aromatic carbocycles. The standard InChI is InChI=1S/C36H38F2N8O6S/c1-22(2)45-21-28(35(48)46(36(45)49)26-8-5-24(37)6-9-26)34(47)40-25-7-10-30(29(38)19-25)52-27-11-12-39-31(20-27)41-32-17-23(3)18-33(42-32)43-13-15-44(16-14-43)53(4,50)51/h5-12,17-20,22,28H,13-16,21H2,1-4H3,(H,40,47)(H,39,41,42). The Hall–Kier alpha value is -5.68. The number of sulfonamides is 1. The number of hydrogen-bond acceptors (Lipinski definition) is 10. The van der Waals surface area contributed by atoms with Crippen LogP contribution in [0.1, 0.15) is 19.4 Å². The van der Waals surface area contributed by atoms with Crippen LogP contribution in [0.15, 0.2) is 72.9 Å². The quantitative estimate of drug-likeness (QED) is 0.209. The van der Waals surface area contributed by atoms with Crippen LogP contribution in [0.25, 0.3) is 0 Å². The van der Waals surface area contributed by atoms with Gasteiger partial charge in [0.25, 0.3) is 0 Å². The highest BCUT2D eigenvalue weighted by Gasteiger charge is 2.44. The second-order valence-electron chi connectivity index (χ2n) is 13.0. The van der Waals surface area contributed by atoms with Gasteiger partial charge in [-0.05, 0) is 80.9 Å². The van der Waals surface area contributed by atoms with Crippen molar-refractivity contribution in [2.45, 2.75) is 26.8 Å². The van der Waals surface area contributed by atoms with E-state index in [1.165, 1.54) is 45.9 Å². The molecule has 0 saturated carbocycles. The summed E-state index contributed by atoms with van der Waals surface area (Å²) >= 11 is 0. The smallest absolute Gasteiger partial charge is 0.331 e. The van der Waals surface area contributed by atoms with Gasteiger partial charge in [0, 0.05) is 62.8 Å². The maximum absolute atomic E-state index is 15.3. The number of aromatic nitrogens is 2. The fraction of sp³-hybridized carbons (Fsp3) is 0.306. The number of halogens is 2. The number of aryl methyl sites for hydroxylation is 1. The third-order valence-corrected chi connectivity index (χ3v) is 10.1. The van der Waals surface area contributed by atoms with E-state index in [2.05, 4.69) is 15.6 Å². The Morgan fingerprint density at radius 3 is 2.32 bits per heavy atom. The molecule has 1 unspecified atom stereocenters. The zero-order valence-electron chi connectivity index (χ0n) is 29.4. The van der Waals surface area contributed by atoms with Crippen LogP contribution in [0.5, 0.6) is 11.5 Å². The summed E-state index contributed by atoms with van der Waals surface area (Å²) in [7, 11) is -3.27. The Labute approximate surface area is 305 Å². The van der Waals surface area contributed by atoms with Crippen molar-refractivity contribution in [1.82, 2.24) is 19.2 Å². The minimum atomic E-state index is -3.27. The molecular formula is C36H38F2N8O6S. The fourth-order valence-corrected chi connectivity index (χ4v) is 6.83. The lowest BCUT2D eigenvalue weighted by atomic mass is 10.0. The Kier molecular flexibility index (Phi) is 10.6. The van der Waals surface area contributed by atoms with Gasteiger partial charge < -0.3 is 25.2 Å². The first-order valence-electron chi connectivity index (χ1n) is 16.8. The second kappa shape index (κ2) is 15.1. The van der Waals surface area contributed by atoms with Crippen molar-refractivity contribution in [2.24, 2.45) is 5.92 Å². The molecule has 0 bridgehead atoms. The molecule has 2 aromatic heterocycles. The molecule has 14 nitrogen and oxygen atoms in total. The second-order valence-corrected chi connectivity index (χ2v) is 15.0. The molecule has 4 aromatic rings. The number of rotatable bonds is 10. The summed E-state index contributed by atoms with van der Waals surface area (Å²) in [5, 5.41) is 5.71. The fourth-order valence-electron chi connectivity index (χ4n) is 6.00. The van der Waals surface area contributed by atoms with Gasteiger partial charge in [-0.1, -0.05) is 0 Å². The molecule has 4 amide bonds. The summed E-state index contributed by atoms with van der Waals surface area (Å²) in [6, 6.07) is 14.5. The van der Waals surface area contributed by atoms with E-state index >= 15 is 4.39 Å². The molecule has 2 saturated heterocycles. The number of imide groups is 1. The number of carbonyl (C=O) groups is 3. The van der Waals surface area contributed by atoms with Crippen LogP contribution in [0.2, 0.25) is 0 Å². The number of nitrogens with zero attached hydrogens (tertiary/aromatic N) is 6. The third-order valence-electron chi connectivity index (χ3n) is 8.76. The van der Waals surface area contributed by atoms with E-state index in [9.17, 15) is 27.2 Å². The Bertz CT molecular complexity index is 2150. The van der Waals surface area contributed by atoms with Crippen LogP contribution in [0.3, 0.4) is 0 Å². The molecule has 4 heterocycles. The molecule has 2 fully saturated rings. The molecule has 2 aliphatic heterocycles. The maximum Gasteiger partial charge on any atom is 0.331 e. The lowest BCUT2D eigenvalue weighted by Crippen LogP contribution is -2.61.